The summed E-state index contributed by atoms with van der Waals surface area (Å²) in [5, 5.41) is 0. The predicted octanol–water partition coefficient (Wildman–Crippen LogP) is 3.23. The molecule has 0 amide bonds. The SMILES string of the molecule is CCC(F)C(OCC(F)F)OC(OCC(F)F)C(F)F. The summed E-state index contributed by atoms with van der Waals surface area (Å²) in [6.07, 6.45) is -16.1. The van der Waals surface area contributed by atoms with Gasteiger partial charge >= 0.3 is 0 Å². The zero-order chi connectivity index (χ0) is 15.7. The molecule has 0 aromatic rings. The Hall–Kier alpha value is -0.610. The molecule has 0 aromatic carbocycles. The molecule has 0 heterocycles. The summed E-state index contributed by atoms with van der Waals surface area (Å²) in [7, 11) is 0. The highest BCUT2D eigenvalue weighted by molar-refractivity contribution is 4.62. The number of ether oxygens (including phenoxy) is 3. The molecule has 0 saturated heterocycles. The quantitative estimate of drug-likeness (QED) is 0.433. The third-order valence-electron chi connectivity index (χ3n) is 1.93. The molecule has 20 heavy (non-hydrogen) atoms. The minimum atomic E-state index is -3.37. The van der Waals surface area contributed by atoms with Crippen molar-refractivity contribution in [1.29, 1.82) is 0 Å². The molecule has 3 nitrogen and oxygen atoms in total. The van der Waals surface area contributed by atoms with Crippen LogP contribution in [0.15, 0.2) is 0 Å². The molecule has 0 N–H and O–H groups in total. The van der Waals surface area contributed by atoms with E-state index in [4.69, 9.17) is 0 Å². The van der Waals surface area contributed by atoms with Crippen LogP contribution < -0.4 is 0 Å². The third kappa shape index (κ3) is 8.54. The Kier molecular flexibility index (Phi) is 9.86. The van der Waals surface area contributed by atoms with Gasteiger partial charge in [-0.15, -0.1) is 0 Å². The number of alkyl halides is 7. The van der Waals surface area contributed by atoms with Crippen molar-refractivity contribution in [2.24, 2.45) is 0 Å². The van der Waals surface area contributed by atoms with Crippen LogP contribution >= 0.6 is 0 Å². The highest BCUT2D eigenvalue weighted by atomic mass is 19.3. The molecule has 10 heteroatoms. The summed E-state index contributed by atoms with van der Waals surface area (Å²) < 4.78 is 98.5. The Morgan fingerprint density at radius 3 is 1.55 bits per heavy atom. The highest BCUT2D eigenvalue weighted by Gasteiger charge is 2.32. The molecule has 0 spiro atoms. The molecule has 3 atom stereocenters. The molecular weight excluding hydrogens is 301 g/mol. The van der Waals surface area contributed by atoms with Crippen LogP contribution in [0.3, 0.4) is 0 Å². The van der Waals surface area contributed by atoms with Crippen molar-refractivity contribution in [3.63, 3.8) is 0 Å². The molecule has 0 aliphatic rings. The van der Waals surface area contributed by atoms with Gasteiger partial charge in [0.1, 0.15) is 13.2 Å². The zero-order valence-electron chi connectivity index (χ0n) is 10.5. The fraction of sp³-hybridized carbons (Fsp3) is 1.00. The van der Waals surface area contributed by atoms with Crippen molar-refractivity contribution in [3.8, 4) is 0 Å². The smallest absolute Gasteiger partial charge is 0.288 e. The molecule has 0 aromatic heterocycles. The van der Waals surface area contributed by atoms with Gasteiger partial charge in [0.15, 0.2) is 12.5 Å². The maximum atomic E-state index is 13.3. The minimum Gasteiger partial charge on any atom is -0.344 e. The molecule has 3 unspecified atom stereocenters. The Morgan fingerprint density at radius 1 is 0.750 bits per heavy atom. The molecule has 122 valence electrons. The molecule has 0 rings (SSSR count). The lowest BCUT2D eigenvalue weighted by molar-refractivity contribution is -0.302. The van der Waals surface area contributed by atoms with Crippen LogP contribution in [0.5, 0.6) is 0 Å². The summed E-state index contributed by atoms with van der Waals surface area (Å²) >= 11 is 0. The summed E-state index contributed by atoms with van der Waals surface area (Å²) in [4.78, 5) is 0. The first kappa shape index (κ1) is 19.4. The first-order valence-corrected chi connectivity index (χ1v) is 5.65. The molecule has 0 aliphatic carbocycles. The predicted molar refractivity (Wildman–Crippen MR) is 53.8 cm³/mol. The second kappa shape index (κ2) is 10.2. The Bertz CT molecular complexity index is 243. The first-order chi connectivity index (χ1) is 9.27. The number of rotatable bonds is 11. The Morgan fingerprint density at radius 2 is 1.20 bits per heavy atom. The first-order valence-electron chi connectivity index (χ1n) is 5.65. The lowest BCUT2D eigenvalue weighted by atomic mass is 10.3. The van der Waals surface area contributed by atoms with Crippen molar-refractivity contribution >= 4 is 0 Å². The summed E-state index contributed by atoms with van der Waals surface area (Å²) in [5.41, 5.74) is 0. The van der Waals surface area contributed by atoms with Crippen molar-refractivity contribution < 1.29 is 44.9 Å². The number of hydrogen-bond donors (Lipinski definition) is 0. The zero-order valence-corrected chi connectivity index (χ0v) is 10.5. The van der Waals surface area contributed by atoms with E-state index >= 15 is 0 Å². The fourth-order valence-electron chi connectivity index (χ4n) is 1.06. The van der Waals surface area contributed by atoms with E-state index in [-0.39, 0.29) is 6.42 Å². The third-order valence-corrected chi connectivity index (χ3v) is 1.93. The van der Waals surface area contributed by atoms with E-state index in [1.165, 1.54) is 6.92 Å². The van der Waals surface area contributed by atoms with E-state index in [0.717, 1.165) is 0 Å². The maximum absolute atomic E-state index is 13.3. The maximum Gasteiger partial charge on any atom is 0.288 e. The number of hydrogen-bond acceptors (Lipinski definition) is 3. The van der Waals surface area contributed by atoms with Crippen LogP contribution in [0.1, 0.15) is 13.3 Å². The Balaban J connectivity index is 4.53. The van der Waals surface area contributed by atoms with Gasteiger partial charge in [-0.1, -0.05) is 6.92 Å². The van der Waals surface area contributed by atoms with Crippen LogP contribution in [-0.4, -0.2) is 51.2 Å². The van der Waals surface area contributed by atoms with Gasteiger partial charge in [-0.2, -0.15) is 0 Å². The van der Waals surface area contributed by atoms with Crippen LogP contribution in [-0.2, 0) is 14.2 Å². The molecule has 0 saturated carbocycles. The summed E-state index contributed by atoms with van der Waals surface area (Å²) in [6.45, 7) is -1.31. The summed E-state index contributed by atoms with van der Waals surface area (Å²) in [6, 6.07) is 0. The van der Waals surface area contributed by atoms with Crippen molar-refractivity contribution in [1.82, 2.24) is 0 Å². The Labute approximate surface area is 111 Å². The second-order valence-electron chi connectivity index (χ2n) is 3.58. The molecular formula is C10H15F7O3. The van der Waals surface area contributed by atoms with Gasteiger partial charge in [0, 0.05) is 0 Å². The summed E-state index contributed by atoms with van der Waals surface area (Å²) in [5.74, 6) is 0. The van der Waals surface area contributed by atoms with E-state index in [1.807, 2.05) is 0 Å². The van der Waals surface area contributed by atoms with Gasteiger partial charge in [0.25, 0.3) is 19.3 Å². The van der Waals surface area contributed by atoms with Gasteiger partial charge in [0.2, 0.25) is 6.29 Å². The molecule has 0 radical (unpaired) electrons. The van der Waals surface area contributed by atoms with Crippen molar-refractivity contribution in [2.45, 2.75) is 51.4 Å². The van der Waals surface area contributed by atoms with Crippen molar-refractivity contribution in [2.75, 3.05) is 13.2 Å². The molecule has 0 aliphatic heterocycles. The topological polar surface area (TPSA) is 27.7 Å². The average Bonchev–Trinajstić information content (AvgIpc) is 2.36. The van der Waals surface area contributed by atoms with Gasteiger partial charge in [-0.05, 0) is 6.42 Å². The minimum absolute atomic E-state index is 0.265. The van der Waals surface area contributed by atoms with Gasteiger partial charge in [0.05, 0.1) is 0 Å². The largest absolute Gasteiger partial charge is 0.344 e. The van der Waals surface area contributed by atoms with Crippen LogP contribution in [0, 0.1) is 0 Å². The van der Waals surface area contributed by atoms with E-state index < -0.39 is 51.2 Å². The molecule has 0 bridgehead atoms. The van der Waals surface area contributed by atoms with Crippen LogP contribution in [0.25, 0.3) is 0 Å². The van der Waals surface area contributed by atoms with E-state index in [9.17, 15) is 30.7 Å². The lowest BCUT2D eigenvalue weighted by Crippen LogP contribution is -2.38. The van der Waals surface area contributed by atoms with E-state index in [0.29, 0.717) is 0 Å². The lowest BCUT2D eigenvalue weighted by Gasteiger charge is -2.26. The van der Waals surface area contributed by atoms with E-state index in [1.54, 1.807) is 0 Å². The normalized spacial score (nSPS) is 16.9. The standard InChI is InChI=1S/C10H15F7O3/c1-2-5(11)9(18-3-6(12)13)20-10(8(16)17)19-4-7(14)15/h5-10H,2-4H2,1H3. The van der Waals surface area contributed by atoms with Crippen molar-refractivity contribution in [3.05, 3.63) is 0 Å². The number of halogens is 7. The van der Waals surface area contributed by atoms with Gasteiger partial charge in [-0.25, -0.2) is 30.7 Å². The van der Waals surface area contributed by atoms with Gasteiger partial charge in [-0.3, -0.25) is 0 Å². The second-order valence-corrected chi connectivity index (χ2v) is 3.58. The van der Waals surface area contributed by atoms with Crippen LogP contribution in [0.4, 0.5) is 30.7 Å². The molecule has 0 fully saturated rings. The van der Waals surface area contributed by atoms with Crippen LogP contribution in [0.2, 0.25) is 0 Å². The average molecular weight is 316 g/mol. The van der Waals surface area contributed by atoms with E-state index in [2.05, 4.69) is 14.2 Å². The highest BCUT2D eigenvalue weighted by Crippen LogP contribution is 2.18. The van der Waals surface area contributed by atoms with Gasteiger partial charge < -0.3 is 14.2 Å². The fourth-order valence-corrected chi connectivity index (χ4v) is 1.06. The monoisotopic (exact) mass is 316 g/mol.